The van der Waals surface area contributed by atoms with Crippen molar-refractivity contribution >= 4 is 5.91 Å². The Morgan fingerprint density at radius 3 is 2.70 bits per heavy atom. The van der Waals surface area contributed by atoms with Gasteiger partial charge in [0, 0.05) is 54.9 Å². The van der Waals surface area contributed by atoms with Gasteiger partial charge in [0.05, 0.1) is 11.4 Å². The Balaban J connectivity index is 1.62. The second kappa shape index (κ2) is 7.66. The third kappa shape index (κ3) is 3.72. The first-order chi connectivity index (χ1) is 13.2. The second-order valence-corrected chi connectivity index (χ2v) is 6.99. The van der Waals surface area contributed by atoms with Crippen LogP contribution in [0.15, 0.2) is 61.2 Å². The molecule has 0 saturated carbocycles. The van der Waals surface area contributed by atoms with Crippen LogP contribution in [0, 0.1) is 6.92 Å². The minimum atomic E-state index is 0.0584. The first-order valence-corrected chi connectivity index (χ1v) is 9.29. The van der Waals surface area contributed by atoms with Crippen molar-refractivity contribution in [1.29, 1.82) is 0 Å². The molecule has 3 heterocycles. The van der Waals surface area contributed by atoms with E-state index in [-0.39, 0.29) is 11.8 Å². The first-order valence-electron chi connectivity index (χ1n) is 9.29. The second-order valence-electron chi connectivity index (χ2n) is 6.99. The van der Waals surface area contributed by atoms with Gasteiger partial charge in [-0.1, -0.05) is 23.8 Å². The molecular weight excluding hydrogens is 336 g/mol. The van der Waals surface area contributed by atoms with Gasteiger partial charge in [0.15, 0.2) is 0 Å². The number of pyridine rings is 1. The number of nitrogens with zero attached hydrogens (tertiary/aromatic N) is 4. The van der Waals surface area contributed by atoms with Crippen LogP contribution in [0.1, 0.15) is 40.4 Å². The maximum atomic E-state index is 12.8. The third-order valence-corrected chi connectivity index (χ3v) is 5.04. The summed E-state index contributed by atoms with van der Waals surface area (Å²) in [6.07, 6.45) is 8.78. The minimum Gasteiger partial charge on any atom is -0.338 e. The standard InChI is InChI=1S/C22H22N4O/c1-16-4-2-5-18(14-16)20-21(25-12-11-24-20)19-6-3-13-26(15-19)22(27)17-7-9-23-10-8-17/h2,4-5,7-12,14,19H,3,6,13,15H2,1H3. The molecule has 5 nitrogen and oxygen atoms in total. The fourth-order valence-electron chi connectivity index (χ4n) is 3.72. The number of carbonyl (C=O) groups is 1. The highest BCUT2D eigenvalue weighted by Gasteiger charge is 2.28. The van der Waals surface area contributed by atoms with Crippen LogP contribution in [0.25, 0.3) is 11.3 Å². The van der Waals surface area contributed by atoms with Crippen LogP contribution < -0.4 is 0 Å². The molecular formula is C22H22N4O. The molecule has 5 heteroatoms. The van der Waals surface area contributed by atoms with Gasteiger partial charge in [-0.2, -0.15) is 0 Å². The number of benzene rings is 1. The van der Waals surface area contributed by atoms with E-state index in [9.17, 15) is 4.79 Å². The first kappa shape index (κ1) is 17.3. The topological polar surface area (TPSA) is 59.0 Å². The van der Waals surface area contributed by atoms with E-state index in [1.807, 2.05) is 11.0 Å². The molecule has 27 heavy (non-hydrogen) atoms. The van der Waals surface area contributed by atoms with Crippen LogP contribution in [0.4, 0.5) is 0 Å². The van der Waals surface area contributed by atoms with Crippen molar-refractivity contribution in [2.45, 2.75) is 25.7 Å². The van der Waals surface area contributed by atoms with Crippen LogP contribution in [0.2, 0.25) is 0 Å². The van der Waals surface area contributed by atoms with E-state index in [4.69, 9.17) is 0 Å². The third-order valence-electron chi connectivity index (χ3n) is 5.04. The monoisotopic (exact) mass is 358 g/mol. The predicted molar refractivity (Wildman–Crippen MR) is 104 cm³/mol. The lowest BCUT2D eigenvalue weighted by molar-refractivity contribution is 0.0706. The van der Waals surface area contributed by atoms with Crippen LogP contribution >= 0.6 is 0 Å². The van der Waals surface area contributed by atoms with Crippen LogP contribution in [-0.4, -0.2) is 38.8 Å². The summed E-state index contributed by atoms with van der Waals surface area (Å²) < 4.78 is 0. The quantitative estimate of drug-likeness (QED) is 0.713. The molecule has 0 radical (unpaired) electrons. The van der Waals surface area contributed by atoms with Crippen molar-refractivity contribution in [1.82, 2.24) is 19.9 Å². The number of hydrogen-bond donors (Lipinski definition) is 0. The molecule has 1 amide bonds. The van der Waals surface area contributed by atoms with Gasteiger partial charge in [0.25, 0.3) is 5.91 Å². The summed E-state index contributed by atoms with van der Waals surface area (Å²) in [4.78, 5) is 28.0. The van der Waals surface area contributed by atoms with E-state index in [1.165, 1.54) is 5.56 Å². The highest BCUT2D eigenvalue weighted by Crippen LogP contribution is 2.32. The molecule has 0 aliphatic carbocycles. The zero-order valence-corrected chi connectivity index (χ0v) is 15.4. The van der Waals surface area contributed by atoms with Gasteiger partial charge >= 0.3 is 0 Å². The molecule has 0 bridgehead atoms. The Morgan fingerprint density at radius 1 is 1.07 bits per heavy atom. The molecule has 1 aliphatic heterocycles. The van der Waals surface area contributed by atoms with Crippen LogP contribution in [0.3, 0.4) is 0 Å². The lowest BCUT2D eigenvalue weighted by Gasteiger charge is -2.33. The lowest BCUT2D eigenvalue weighted by Crippen LogP contribution is -2.39. The van der Waals surface area contributed by atoms with Crippen molar-refractivity contribution in [3.8, 4) is 11.3 Å². The van der Waals surface area contributed by atoms with Gasteiger partial charge < -0.3 is 4.90 Å². The Morgan fingerprint density at radius 2 is 1.89 bits per heavy atom. The highest BCUT2D eigenvalue weighted by molar-refractivity contribution is 5.94. The summed E-state index contributed by atoms with van der Waals surface area (Å²) in [5, 5.41) is 0. The average Bonchev–Trinajstić information content (AvgIpc) is 2.74. The summed E-state index contributed by atoms with van der Waals surface area (Å²) in [5.41, 5.74) is 4.86. The SMILES string of the molecule is Cc1cccc(-c2nccnc2C2CCCN(C(=O)c3ccncc3)C2)c1. The molecule has 0 spiro atoms. The van der Waals surface area contributed by atoms with E-state index in [1.54, 1.807) is 36.9 Å². The maximum Gasteiger partial charge on any atom is 0.253 e. The normalized spacial score (nSPS) is 16.9. The van der Waals surface area contributed by atoms with Crippen LogP contribution in [0.5, 0.6) is 0 Å². The van der Waals surface area contributed by atoms with Crippen molar-refractivity contribution in [2.24, 2.45) is 0 Å². The smallest absolute Gasteiger partial charge is 0.253 e. The number of likely N-dealkylation sites (tertiary alicyclic amines) is 1. The zero-order valence-electron chi connectivity index (χ0n) is 15.4. The number of aromatic nitrogens is 3. The Bertz CT molecular complexity index is 942. The van der Waals surface area contributed by atoms with Crippen molar-refractivity contribution < 1.29 is 4.79 Å². The Kier molecular flexibility index (Phi) is 4.92. The molecule has 1 aliphatic rings. The molecule has 1 fully saturated rings. The van der Waals surface area contributed by atoms with E-state index in [2.05, 4.69) is 40.1 Å². The number of aryl methyl sites for hydroxylation is 1. The Labute approximate surface area is 159 Å². The van der Waals surface area contributed by atoms with Gasteiger partial charge in [-0.05, 0) is 38.0 Å². The fourth-order valence-corrected chi connectivity index (χ4v) is 3.72. The average molecular weight is 358 g/mol. The summed E-state index contributed by atoms with van der Waals surface area (Å²) in [7, 11) is 0. The van der Waals surface area contributed by atoms with Crippen molar-refractivity contribution in [2.75, 3.05) is 13.1 Å². The van der Waals surface area contributed by atoms with Gasteiger partial charge in [0.1, 0.15) is 0 Å². The number of carbonyl (C=O) groups excluding carboxylic acids is 1. The number of hydrogen-bond acceptors (Lipinski definition) is 4. The van der Waals surface area contributed by atoms with Gasteiger partial charge in [-0.3, -0.25) is 19.7 Å². The molecule has 1 atom stereocenters. The molecule has 1 unspecified atom stereocenters. The van der Waals surface area contributed by atoms with E-state index >= 15 is 0 Å². The lowest BCUT2D eigenvalue weighted by atomic mass is 9.91. The molecule has 136 valence electrons. The Hall–Kier alpha value is -3.08. The predicted octanol–water partition coefficient (Wildman–Crippen LogP) is 3.87. The summed E-state index contributed by atoms with van der Waals surface area (Å²) in [6.45, 7) is 3.52. The van der Waals surface area contributed by atoms with E-state index < -0.39 is 0 Å². The maximum absolute atomic E-state index is 12.8. The minimum absolute atomic E-state index is 0.0584. The zero-order chi connectivity index (χ0) is 18.6. The fraction of sp³-hybridized carbons (Fsp3) is 0.273. The molecule has 0 N–H and O–H groups in total. The highest BCUT2D eigenvalue weighted by atomic mass is 16.2. The van der Waals surface area contributed by atoms with Gasteiger partial charge in [-0.15, -0.1) is 0 Å². The number of rotatable bonds is 3. The summed E-state index contributed by atoms with van der Waals surface area (Å²) >= 11 is 0. The van der Waals surface area contributed by atoms with Crippen molar-refractivity contribution in [3.05, 3.63) is 78.0 Å². The molecule has 4 rings (SSSR count). The largest absolute Gasteiger partial charge is 0.338 e. The summed E-state index contributed by atoms with van der Waals surface area (Å²) in [5.74, 6) is 0.247. The van der Waals surface area contributed by atoms with Crippen molar-refractivity contribution in [3.63, 3.8) is 0 Å². The molecule has 1 aromatic carbocycles. The van der Waals surface area contributed by atoms with Gasteiger partial charge in [0.2, 0.25) is 0 Å². The number of piperidine rings is 1. The van der Waals surface area contributed by atoms with Crippen LogP contribution in [-0.2, 0) is 0 Å². The molecule has 3 aromatic rings. The van der Waals surface area contributed by atoms with E-state index in [0.29, 0.717) is 12.1 Å². The number of amides is 1. The van der Waals surface area contributed by atoms with Gasteiger partial charge in [-0.25, -0.2) is 0 Å². The molecule has 1 saturated heterocycles. The summed E-state index contributed by atoms with van der Waals surface area (Å²) in [6, 6.07) is 11.9. The van der Waals surface area contributed by atoms with E-state index in [0.717, 1.165) is 36.3 Å². The molecule has 2 aromatic heterocycles.